The van der Waals surface area contributed by atoms with Crippen molar-refractivity contribution < 1.29 is 19.1 Å². The lowest BCUT2D eigenvalue weighted by atomic mass is 10.0. The summed E-state index contributed by atoms with van der Waals surface area (Å²) in [6.45, 7) is 9.13. The van der Waals surface area contributed by atoms with Crippen LogP contribution in [0.25, 0.3) is 6.08 Å². The lowest BCUT2D eigenvalue weighted by Gasteiger charge is -2.17. The summed E-state index contributed by atoms with van der Waals surface area (Å²) in [6.07, 6.45) is 1.72. The number of rotatable bonds is 8. The highest BCUT2D eigenvalue weighted by Crippen LogP contribution is 2.34. The summed E-state index contributed by atoms with van der Waals surface area (Å²) >= 11 is 0.948. The van der Waals surface area contributed by atoms with Crippen molar-refractivity contribution in [3.8, 4) is 11.5 Å². The molecule has 1 aliphatic heterocycles. The van der Waals surface area contributed by atoms with E-state index in [-0.39, 0.29) is 24.3 Å². The van der Waals surface area contributed by atoms with E-state index in [0.29, 0.717) is 23.2 Å². The third kappa shape index (κ3) is 5.05. The molecule has 30 heavy (non-hydrogen) atoms. The summed E-state index contributed by atoms with van der Waals surface area (Å²) in [6, 6.07) is 13.6. The van der Waals surface area contributed by atoms with Crippen molar-refractivity contribution in [1.82, 2.24) is 4.90 Å². The van der Waals surface area contributed by atoms with Gasteiger partial charge in [0.15, 0.2) is 0 Å². The predicted molar refractivity (Wildman–Crippen MR) is 121 cm³/mol. The molecule has 5 nitrogen and oxygen atoms in total. The van der Waals surface area contributed by atoms with E-state index < -0.39 is 0 Å². The van der Waals surface area contributed by atoms with Gasteiger partial charge in [0, 0.05) is 5.56 Å². The molecule has 6 heteroatoms. The molecule has 0 atom stereocenters. The van der Waals surface area contributed by atoms with Crippen molar-refractivity contribution in [2.75, 3.05) is 19.8 Å². The van der Waals surface area contributed by atoms with Crippen LogP contribution < -0.4 is 9.47 Å². The van der Waals surface area contributed by atoms with Gasteiger partial charge in [-0.05, 0) is 60.9 Å². The van der Waals surface area contributed by atoms with Crippen LogP contribution in [0.15, 0.2) is 47.4 Å². The quantitative estimate of drug-likeness (QED) is 0.513. The molecule has 1 aliphatic rings. The first-order valence-corrected chi connectivity index (χ1v) is 10.9. The minimum absolute atomic E-state index is 0.209. The van der Waals surface area contributed by atoms with Gasteiger partial charge in [0.1, 0.15) is 18.1 Å². The number of hydrogen-bond acceptors (Lipinski definition) is 5. The number of hydrogen-bond donors (Lipinski definition) is 0. The number of thioether (sulfide) groups is 1. The molecule has 0 aromatic heterocycles. The van der Waals surface area contributed by atoms with E-state index in [1.807, 2.05) is 44.2 Å². The Bertz CT molecular complexity index is 967. The molecule has 0 spiro atoms. The first kappa shape index (κ1) is 22.0. The lowest BCUT2D eigenvalue weighted by molar-refractivity contribution is -0.123. The number of amides is 2. The molecule has 0 saturated carbocycles. The van der Waals surface area contributed by atoms with E-state index in [2.05, 4.69) is 26.0 Å². The Morgan fingerprint density at radius 2 is 1.83 bits per heavy atom. The van der Waals surface area contributed by atoms with Crippen molar-refractivity contribution in [2.45, 2.75) is 33.6 Å². The van der Waals surface area contributed by atoms with E-state index in [4.69, 9.17) is 9.47 Å². The molecule has 0 bridgehead atoms. The van der Waals surface area contributed by atoms with Gasteiger partial charge in [0.05, 0.1) is 18.1 Å². The van der Waals surface area contributed by atoms with Gasteiger partial charge in [-0.25, -0.2) is 0 Å². The maximum Gasteiger partial charge on any atom is 0.293 e. The molecule has 1 saturated heterocycles. The summed E-state index contributed by atoms with van der Waals surface area (Å²) < 4.78 is 11.6. The maximum absolute atomic E-state index is 12.8. The number of carbonyl (C=O) groups is 2. The third-order valence-corrected chi connectivity index (χ3v) is 5.65. The first-order chi connectivity index (χ1) is 14.4. The zero-order valence-electron chi connectivity index (χ0n) is 17.8. The van der Waals surface area contributed by atoms with E-state index >= 15 is 0 Å². The number of imide groups is 1. The molecule has 1 heterocycles. The summed E-state index contributed by atoms with van der Waals surface area (Å²) in [7, 11) is 0. The Morgan fingerprint density at radius 3 is 2.57 bits per heavy atom. The van der Waals surface area contributed by atoms with Crippen molar-refractivity contribution in [3.63, 3.8) is 0 Å². The SMILES string of the molecule is CCOc1ccccc1/C=C1\SC(=O)N(CCOc2cc(C)ccc2C(C)C)C1=O. The van der Waals surface area contributed by atoms with Crippen molar-refractivity contribution >= 4 is 29.0 Å². The molecule has 0 aliphatic carbocycles. The van der Waals surface area contributed by atoms with E-state index in [1.165, 1.54) is 4.90 Å². The van der Waals surface area contributed by atoms with Gasteiger partial charge in [-0.2, -0.15) is 0 Å². The Labute approximate surface area is 182 Å². The highest BCUT2D eigenvalue weighted by atomic mass is 32.2. The van der Waals surface area contributed by atoms with Gasteiger partial charge in [-0.15, -0.1) is 0 Å². The lowest BCUT2D eigenvalue weighted by Crippen LogP contribution is -2.32. The zero-order valence-corrected chi connectivity index (χ0v) is 18.6. The fraction of sp³-hybridized carbons (Fsp3) is 0.333. The zero-order chi connectivity index (χ0) is 21.7. The third-order valence-electron chi connectivity index (χ3n) is 4.74. The molecule has 2 amide bonds. The first-order valence-electron chi connectivity index (χ1n) is 10.1. The van der Waals surface area contributed by atoms with Crippen LogP contribution in [0.1, 0.15) is 43.4 Å². The minimum Gasteiger partial charge on any atom is -0.493 e. The Balaban J connectivity index is 1.69. The molecule has 158 valence electrons. The number of nitrogens with zero attached hydrogens (tertiary/aromatic N) is 1. The normalized spacial score (nSPS) is 15.4. The Kier molecular flexibility index (Phi) is 7.21. The van der Waals surface area contributed by atoms with Gasteiger partial charge in [0.2, 0.25) is 0 Å². The largest absolute Gasteiger partial charge is 0.493 e. The van der Waals surface area contributed by atoms with Crippen LogP contribution in [0.4, 0.5) is 4.79 Å². The van der Waals surface area contributed by atoms with Crippen LogP contribution in [-0.4, -0.2) is 35.8 Å². The highest BCUT2D eigenvalue weighted by molar-refractivity contribution is 8.18. The summed E-state index contributed by atoms with van der Waals surface area (Å²) in [5.74, 6) is 1.52. The molecule has 0 N–H and O–H groups in total. The van der Waals surface area contributed by atoms with Crippen LogP contribution in [0.3, 0.4) is 0 Å². The fourth-order valence-corrected chi connectivity index (χ4v) is 4.07. The van der Waals surface area contributed by atoms with Crippen LogP contribution in [0.5, 0.6) is 11.5 Å². The fourth-order valence-electron chi connectivity index (χ4n) is 3.21. The number of ether oxygens (including phenoxy) is 2. The molecule has 3 rings (SSSR count). The average Bonchev–Trinajstić information content (AvgIpc) is 2.97. The Hall–Kier alpha value is -2.73. The molecular weight excluding hydrogens is 398 g/mol. The van der Waals surface area contributed by atoms with Crippen LogP contribution in [-0.2, 0) is 4.79 Å². The molecule has 2 aromatic carbocycles. The summed E-state index contributed by atoms with van der Waals surface area (Å²) in [4.78, 5) is 26.8. The summed E-state index contributed by atoms with van der Waals surface area (Å²) in [5, 5.41) is -0.280. The second-order valence-corrected chi connectivity index (χ2v) is 8.34. The second-order valence-electron chi connectivity index (χ2n) is 7.35. The average molecular weight is 426 g/mol. The highest BCUT2D eigenvalue weighted by Gasteiger charge is 2.35. The number of aryl methyl sites for hydroxylation is 1. The van der Waals surface area contributed by atoms with Crippen molar-refractivity contribution in [2.24, 2.45) is 0 Å². The maximum atomic E-state index is 12.8. The van der Waals surface area contributed by atoms with Gasteiger partial charge in [-0.3, -0.25) is 14.5 Å². The number of para-hydroxylation sites is 1. The van der Waals surface area contributed by atoms with Crippen LogP contribution in [0.2, 0.25) is 0 Å². The number of benzene rings is 2. The van der Waals surface area contributed by atoms with E-state index in [1.54, 1.807) is 6.08 Å². The standard InChI is InChI=1S/C24H27NO4S/c1-5-28-20-9-7-6-8-18(20)15-22-23(26)25(24(27)30-22)12-13-29-21-14-17(4)10-11-19(21)16(2)3/h6-11,14-16H,5,12-13H2,1-4H3/b22-15-. The number of carbonyl (C=O) groups excluding carboxylic acids is 2. The molecule has 2 aromatic rings. The van der Waals surface area contributed by atoms with Gasteiger partial charge < -0.3 is 9.47 Å². The monoisotopic (exact) mass is 425 g/mol. The smallest absolute Gasteiger partial charge is 0.293 e. The van der Waals surface area contributed by atoms with Gasteiger partial charge in [0.25, 0.3) is 11.1 Å². The summed E-state index contributed by atoms with van der Waals surface area (Å²) in [5.41, 5.74) is 3.00. The van der Waals surface area contributed by atoms with Crippen LogP contribution in [0, 0.1) is 6.92 Å². The van der Waals surface area contributed by atoms with Gasteiger partial charge >= 0.3 is 0 Å². The molecular formula is C24H27NO4S. The minimum atomic E-state index is -0.298. The Morgan fingerprint density at radius 1 is 1.07 bits per heavy atom. The molecule has 0 radical (unpaired) electrons. The predicted octanol–water partition coefficient (Wildman–Crippen LogP) is 5.63. The van der Waals surface area contributed by atoms with Gasteiger partial charge in [-0.1, -0.05) is 44.2 Å². The van der Waals surface area contributed by atoms with Crippen molar-refractivity contribution in [3.05, 3.63) is 64.1 Å². The van der Waals surface area contributed by atoms with E-state index in [9.17, 15) is 9.59 Å². The second kappa shape index (κ2) is 9.85. The molecule has 0 unspecified atom stereocenters. The van der Waals surface area contributed by atoms with E-state index in [0.717, 1.165) is 34.2 Å². The topological polar surface area (TPSA) is 55.8 Å². The van der Waals surface area contributed by atoms with Crippen molar-refractivity contribution in [1.29, 1.82) is 0 Å². The van der Waals surface area contributed by atoms with Crippen LogP contribution >= 0.6 is 11.8 Å². The molecule has 1 fully saturated rings.